The Kier molecular flexibility index (Phi) is 2.51. The first-order valence-electron chi connectivity index (χ1n) is 5.63. The number of rotatable bonds is 3. The van der Waals surface area contributed by atoms with E-state index in [0.29, 0.717) is 17.6 Å². The summed E-state index contributed by atoms with van der Waals surface area (Å²) in [6, 6.07) is 0. The van der Waals surface area contributed by atoms with Crippen LogP contribution in [0.2, 0.25) is 0 Å². The summed E-state index contributed by atoms with van der Waals surface area (Å²) in [5.41, 5.74) is 7.23. The minimum Gasteiger partial charge on any atom is -0.480 e. The van der Waals surface area contributed by atoms with E-state index in [1.54, 1.807) is 7.11 Å². The standard InChI is InChI=1S/C11H12N6O/c1-18-10-7(9-14-5-16-11(12)17-9)8(6-2-3-6)13-4-15-10/h4-6H,2-3H2,1H3,(H2,12,14,16,17). The van der Waals surface area contributed by atoms with E-state index in [4.69, 9.17) is 10.5 Å². The van der Waals surface area contributed by atoms with Crippen LogP contribution in [0.5, 0.6) is 5.88 Å². The van der Waals surface area contributed by atoms with Crippen LogP contribution in [0.25, 0.3) is 11.4 Å². The Morgan fingerprint density at radius 3 is 2.61 bits per heavy atom. The fourth-order valence-electron chi connectivity index (χ4n) is 1.84. The van der Waals surface area contributed by atoms with Gasteiger partial charge in [-0.15, -0.1) is 0 Å². The van der Waals surface area contributed by atoms with E-state index < -0.39 is 0 Å². The summed E-state index contributed by atoms with van der Waals surface area (Å²) < 4.78 is 5.27. The van der Waals surface area contributed by atoms with Gasteiger partial charge in [-0.1, -0.05) is 0 Å². The Balaban J connectivity index is 2.19. The van der Waals surface area contributed by atoms with Crippen molar-refractivity contribution in [2.75, 3.05) is 12.8 Å². The first kappa shape index (κ1) is 10.8. The molecule has 18 heavy (non-hydrogen) atoms. The lowest BCUT2D eigenvalue weighted by molar-refractivity contribution is 0.397. The molecule has 2 aromatic rings. The number of ether oxygens (including phenoxy) is 1. The number of anilines is 1. The quantitative estimate of drug-likeness (QED) is 0.852. The molecule has 0 aromatic carbocycles. The molecule has 1 fully saturated rings. The van der Waals surface area contributed by atoms with Crippen molar-refractivity contribution in [2.45, 2.75) is 18.8 Å². The maximum Gasteiger partial charge on any atom is 0.227 e. The molecule has 2 aromatic heterocycles. The summed E-state index contributed by atoms with van der Waals surface area (Å²) in [7, 11) is 1.56. The van der Waals surface area contributed by atoms with E-state index in [-0.39, 0.29) is 5.95 Å². The first-order valence-corrected chi connectivity index (χ1v) is 5.63. The number of methoxy groups -OCH3 is 1. The van der Waals surface area contributed by atoms with E-state index in [0.717, 1.165) is 24.1 Å². The second-order valence-corrected chi connectivity index (χ2v) is 4.08. The van der Waals surface area contributed by atoms with Gasteiger partial charge >= 0.3 is 0 Å². The lowest BCUT2D eigenvalue weighted by Gasteiger charge is -2.09. The summed E-state index contributed by atoms with van der Waals surface area (Å²) in [5.74, 6) is 1.54. The van der Waals surface area contributed by atoms with Gasteiger partial charge in [-0.05, 0) is 12.8 Å². The van der Waals surface area contributed by atoms with Gasteiger partial charge in [0, 0.05) is 5.92 Å². The van der Waals surface area contributed by atoms with Crippen LogP contribution < -0.4 is 10.5 Å². The lowest BCUT2D eigenvalue weighted by atomic mass is 10.1. The van der Waals surface area contributed by atoms with Gasteiger partial charge in [0.15, 0.2) is 5.82 Å². The van der Waals surface area contributed by atoms with Gasteiger partial charge in [0.05, 0.1) is 12.8 Å². The van der Waals surface area contributed by atoms with Crippen molar-refractivity contribution >= 4 is 5.95 Å². The number of nitrogens with zero attached hydrogens (tertiary/aromatic N) is 5. The average Bonchev–Trinajstić information content (AvgIpc) is 3.22. The third-order valence-corrected chi connectivity index (χ3v) is 2.81. The minimum absolute atomic E-state index is 0.174. The molecule has 0 amide bonds. The van der Waals surface area contributed by atoms with Crippen molar-refractivity contribution < 1.29 is 4.74 Å². The van der Waals surface area contributed by atoms with E-state index in [1.807, 2.05) is 0 Å². The van der Waals surface area contributed by atoms with E-state index in [9.17, 15) is 0 Å². The zero-order valence-electron chi connectivity index (χ0n) is 9.87. The lowest BCUT2D eigenvalue weighted by Crippen LogP contribution is -2.04. The van der Waals surface area contributed by atoms with E-state index >= 15 is 0 Å². The molecule has 0 spiro atoms. The highest BCUT2D eigenvalue weighted by Gasteiger charge is 2.31. The number of hydrogen-bond acceptors (Lipinski definition) is 7. The van der Waals surface area contributed by atoms with Gasteiger partial charge in [-0.3, -0.25) is 0 Å². The number of hydrogen-bond donors (Lipinski definition) is 1. The number of nitrogens with two attached hydrogens (primary N) is 1. The molecule has 92 valence electrons. The Hall–Kier alpha value is -2.31. The average molecular weight is 244 g/mol. The van der Waals surface area contributed by atoms with Gasteiger partial charge in [-0.2, -0.15) is 4.98 Å². The summed E-state index contributed by atoms with van der Waals surface area (Å²) in [6.07, 6.45) is 5.11. The van der Waals surface area contributed by atoms with Crippen molar-refractivity contribution in [2.24, 2.45) is 0 Å². The van der Waals surface area contributed by atoms with Gasteiger partial charge in [-0.25, -0.2) is 19.9 Å². The monoisotopic (exact) mass is 244 g/mol. The molecule has 0 unspecified atom stereocenters. The predicted molar refractivity (Wildman–Crippen MR) is 63.8 cm³/mol. The molecular formula is C11H12N6O. The molecule has 3 rings (SSSR count). The number of aromatic nitrogens is 5. The van der Waals surface area contributed by atoms with Crippen LogP contribution in [0.15, 0.2) is 12.7 Å². The van der Waals surface area contributed by atoms with Crippen LogP contribution in [0.1, 0.15) is 24.5 Å². The minimum atomic E-state index is 0.174. The van der Waals surface area contributed by atoms with Crippen LogP contribution >= 0.6 is 0 Å². The van der Waals surface area contributed by atoms with E-state index in [1.165, 1.54) is 12.7 Å². The summed E-state index contributed by atoms with van der Waals surface area (Å²) in [6.45, 7) is 0. The Labute approximate surface area is 103 Å². The smallest absolute Gasteiger partial charge is 0.227 e. The van der Waals surface area contributed by atoms with Crippen LogP contribution in [0.4, 0.5) is 5.95 Å². The van der Waals surface area contributed by atoms with Crippen molar-refractivity contribution in [3.05, 3.63) is 18.3 Å². The normalized spacial score (nSPS) is 14.5. The second kappa shape index (κ2) is 4.17. The molecule has 7 heteroatoms. The zero-order chi connectivity index (χ0) is 12.5. The molecule has 2 heterocycles. The third-order valence-electron chi connectivity index (χ3n) is 2.81. The van der Waals surface area contributed by atoms with Gasteiger partial charge < -0.3 is 10.5 Å². The molecule has 0 bridgehead atoms. The van der Waals surface area contributed by atoms with Crippen molar-refractivity contribution in [3.8, 4) is 17.3 Å². The SMILES string of the molecule is COc1ncnc(C2CC2)c1-c1ncnc(N)n1. The summed E-state index contributed by atoms with van der Waals surface area (Å²) in [5, 5.41) is 0. The second-order valence-electron chi connectivity index (χ2n) is 4.08. The van der Waals surface area contributed by atoms with Crippen molar-refractivity contribution in [1.82, 2.24) is 24.9 Å². The molecule has 0 radical (unpaired) electrons. The first-order chi connectivity index (χ1) is 8.79. The molecule has 0 aliphatic heterocycles. The Morgan fingerprint density at radius 1 is 1.17 bits per heavy atom. The summed E-state index contributed by atoms with van der Waals surface area (Å²) >= 11 is 0. The zero-order valence-corrected chi connectivity index (χ0v) is 9.87. The highest BCUT2D eigenvalue weighted by Crippen LogP contribution is 2.44. The molecule has 1 aliphatic rings. The largest absolute Gasteiger partial charge is 0.480 e. The Morgan fingerprint density at radius 2 is 1.94 bits per heavy atom. The van der Waals surface area contributed by atoms with Crippen LogP contribution in [0, 0.1) is 0 Å². The van der Waals surface area contributed by atoms with Gasteiger partial charge in [0.1, 0.15) is 18.2 Å². The molecule has 2 N–H and O–H groups in total. The molecule has 0 atom stereocenters. The van der Waals surface area contributed by atoms with Gasteiger partial charge in [0.2, 0.25) is 11.8 Å². The molecular weight excluding hydrogens is 232 g/mol. The topological polar surface area (TPSA) is 99.7 Å². The fourth-order valence-corrected chi connectivity index (χ4v) is 1.84. The maximum atomic E-state index is 5.59. The predicted octanol–water partition coefficient (Wildman–Crippen LogP) is 0.797. The molecule has 7 nitrogen and oxygen atoms in total. The molecule has 1 saturated carbocycles. The Bertz CT molecular complexity index is 583. The highest BCUT2D eigenvalue weighted by atomic mass is 16.5. The van der Waals surface area contributed by atoms with Crippen molar-refractivity contribution in [3.63, 3.8) is 0 Å². The van der Waals surface area contributed by atoms with Crippen LogP contribution in [-0.2, 0) is 0 Å². The van der Waals surface area contributed by atoms with Crippen molar-refractivity contribution in [1.29, 1.82) is 0 Å². The third kappa shape index (κ3) is 1.83. The fraction of sp³-hybridized carbons (Fsp3) is 0.364. The highest BCUT2D eigenvalue weighted by molar-refractivity contribution is 5.66. The number of nitrogen functional groups attached to an aromatic ring is 1. The molecule has 1 aliphatic carbocycles. The summed E-state index contributed by atoms with van der Waals surface area (Å²) in [4.78, 5) is 20.5. The maximum absolute atomic E-state index is 5.59. The molecule has 0 saturated heterocycles. The van der Waals surface area contributed by atoms with E-state index in [2.05, 4.69) is 24.9 Å². The van der Waals surface area contributed by atoms with Crippen LogP contribution in [-0.4, -0.2) is 32.0 Å². The van der Waals surface area contributed by atoms with Gasteiger partial charge in [0.25, 0.3) is 0 Å². The van der Waals surface area contributed by atoms with Crippen LogP contribution in [0.3, 0.4) is 0 Å².